The van der Waals surface area contributed by atoms with Gasteiger partial charge in [-0.3, -0.25) is 4.79 Å². The lowest BCUT2D eigenvalue weighted by Gasteiger charge is -2.14. The van der Waals surface area contributed by atoms with Crippen LogP contribution in [0.2, 0.25) is 0 Å². The minimum absolute atomic E-state index is 0.455. The molecule has 0 aliphatic carbocycles. The smallest absolute Gasteiger partial charge is 0.352 e. The van der Waals surface area contributed by atoms with Crippen molar-refractivity contribution in [3.05, 3.63) is 45.5 Å². The third-order valence-corrected chi connectivity index (χ3v) is 2.76. The molecule has 0 bridgehead atoms. The summed E-state index contributed by atoms with van der Waals surface area (Å²) in [4.78, 5) is 22.6. The molecule has 0 atom stereocenters. The van der Waals surface area contributed by atoms with E-state index < -0.39 is 58.7 Å². The van der Waals surface area contributed by atoms with E-state index in [1.54, 1.807) is 0 Å². The second-order valence-electron chi connectivity index (χ2n) is 3.92. The highest BCUT2D eigenvalue weighted by molar-refractivity contribution is 5.90. The first-order chi connectivity index (χ1) is 9.38. The lowest BCUT2D eigenvalue weighted by molar-refractivity contribution is 0.0684. The molecule has 2 aromatic rings. The highest BCUT2D eigenvalue weighted by atomic mass is 19.2. The van der Waals surface area contributed by atoms with Gasteiger partial charge in [-0.1, -0.05) is 0 Å². The number of carboxylic acid groups (broad SMARTS) is 1. The summed E-state index contributed by atoms with van der Waals surface area (Å²) < 4.78 is 53.2. The molecule has 2 rings (SSSR count). The summed E-state index contributed by atoms with van der Waals surface area (Å²) in [5.41, 5.74) is -2.47. The van der Waals surface area contributed by atoms with Crippen LogP contribution in [0, 0.1) is 17.5 Å². The van der Waals surface area contributed by atoms with Crippen LogP contribution in [-0.4, -0.2) is 22.3 Å². The second kappa shape index (κ2) is 4.95. The van der Waals surface area contributed by atoms with Gasteiger partial charge in [0.05, 0.1) is 17.4 Å². The van der Waals surface area contributed by atoms with Crippen LogP contribution in [0.15, 0.2) is 16.9 Å². The van der Waals surface area contributed by atoms with Gasteiger partial charge in [-0.15, -0.1) is 0 Å². The molecular formula is C12H7F4NO3. The molecular weight excluding hydrogens is 282 g/mol. The lowest BCUT2D eigenvalue weighted by Crippen LogP contribution is -2.20. The summed E-state index contributed by atoms with van der Waals surface area (Å²) in [6.07, 6.45) is 0. The number of hydrogen-bond acceptors (Lipinski definition) is 2. The van der Waals surface area contributed by atoms with Gasteiger partial charge in [0.15, 0.2) is 22.9 Å². The SMILES string of the molecule is O=C(O)c1cc(=O)c2cc(F)c(F)c(F)c2n1CCF. The molecule has 0 radical (unpaired) electrons. The summed E-state index contributed by atoms with van der Waals surface area (Å²) in [5, 5.41) is 8.36. The number of benzene rings is 1. The standard InChI is InChI=1S/C12H7F4NO3/c13-1-2-17-7(12(19)20)4-8(18)5-3-6(14)9(15)10(16)11(5)17/h3-4H,1-2H2,(H,19,20). The number of halogens is 4. The average molecular weight is 289 g/mol. The Hall–Kier alpha value is -2.38. The zero-order valence-electron chi connectivity index (χ0n) is 9.79. The van der Waals surface area contributed by atoms with Gasteiger partial charge in [-0.25, -0.2) is 22.4 Å². The molecule has 1 N–H and O–H groups in total. The van der Waals surface area contributed by atoms with Gasteiger partial charge in [-0.2, -0.15) is 0 Å². The molecule has 0 spiro atoms. The maximum atomic E-state index is 13.8. The van der Waals surface area contributed by atoms with Crippen molar-refractivity contribution in [1.82, 2.24) is 4.57 Å². The van der Waals surface area contributed by atoms with Crippen LogP contribution in [0.1, 0.15) is 10.5 Å². The Morgan fingerprint density at radius 2 is 1.85 bits per heavy atom. The first-order valence-corrected chi connectivity index (χ1v) is 5.38. The van der Waals surface area contributed by atoms with E-state index in [0.29, 0.717) is 16.7 Å². The first-order valence-electron chi connectivity index (χ1n) is 5.38. The quantitative estimate of drug-likeness (QED) is 0.695. The van der Waals surface area contributed by atoms with Crippen molar-refractivity contribution < 1.29 is 27.5 Å². The number of alkyl halides is 1. The van der Waals surface area contributed by atoms with Crippen molar-refractivity contribution in [3.63, 3.8) is 0 Å². The molecule has 1 heterocycles. The fraction of sp³-hybridized carbons (Fsp3) is 0.167. The molecule has 106 valence electrons. The highest BCUT2D eigenvalue weighted by Gasteiger charge is 2.22. The number of aromatic carboxylic acids is 1. The summed E-state index contributed by atoms with van der Waals surface area (Å²) in [6, 6.07) is 1.06. The van der Waals surface area contributed by atoms with Crippen LogP contribution < -0.4 is 5.43 Å². The topological polar surface area (TPSA) is 59.3 Å². The maximum absolute atomic E-state index is 13.8. The molecule has 0 saturated carbocycles. The van der Waals surface area contributed by atoms with E-state index in [9.17, 15) is 27.2 Å². The predicted octanol–water partition coefficient (Wildman–Crippen LogP) is 2.09. The van der Waals surface area contributed by atoms with E-state index in [1.165, 1.54) is 0 Å². The third kappa shape index (κ3) is 2.02. The minimum atomic E-state index is -1.85. The molecule has 0 aliphatic rings. The second-order valence-corrected chi connectivity index (χ2v) is 3.92. The molecule has 0 unspecified atom stereocenters. The van der Waals surface area contributed by atoms with Gasteiger partial charge in [0, 0.05) is 6.07 Å². The summed E-state index contributed by atoms with van der Waals surface area (Å²) in [7, 11) is 0. The zero-order chi connectivity index (χ0) is 15.0. The molecule has 0 saturated heterocycles. The number of pyridine rings is 1. The van der Waals surface area contributed by atoms with Crippen LogP contribution in [0.3, 0.4) is 0 Å². The molecule has 0 amide bonds. The molecule has 0 aliphatic heterocycles. The Labute approximate surface area is 108 Å². The predicted molar refractivity (Wildman–Crippen MR) is 61.0 cm³/mol. The van der Waals surface area contributed by atoms with Crippen molar-refractivity contribution in [3.8, 4) is 0 Å². The fourth-order valence-corrected chi connectivity index (χ4v) is 1.93. The highest BCUT2D eigenvalue weighted by Crippen LogP contribution is 2.22. The van der Waals surface area contributed by atoms with Gasteiger partial charge in [-0.05, 0) is 6.07 Å². The van der Waals surface area contributed by atoms with Crippen molar-refractivity contribution >= 4 is 16.9 Å². The first kappa shape index (κ1) is 14.0. The molecule has 0 fully saturated rings. The number of hydrogen-bond donors (Lipinski definition) is 1. The van der Waals surface area contributed by atoms with Gasteiger partial charge < -0.3 is 9.67 Å². The van der Waals surface area contributed by atoms with E-state index in [0.717, 1.165) is 0 Å². The summed E-state index contributed by atoms with van der Waals surface area (Å²) in [6.45, 7) is -1.68. The van der Waals surface area contributed by atoms with E-state index in [4.69, 9.17) is 5.11 Å². The normalized spacial score (nSPS) is 11.0. The molecule has 8 heteroatoms. The summed E-state index contributed by atoms with van der Waals surface area (Å²) >= 11 is 0. The van der Waals surface area contributed by atoms with Crippen molar-refractivity contribution in [2.24, 2.45) is 0 Å². The van der Waals surface area contributed by atoms with Crippen LogP contribution in [0.5, 0.6) is 0 Å². The number of nitrogens with zero attached hydrogens (tertiary/aromatic N) is 1. The van der Waals surface area contributed by atoms with Gasteiger partial charge in [0.2, 0.25) is 0 Å². The molecule has 20 heavy (non-hydrogen) atoms. The van der Waals surface area contributed by atoms with Gasteiger partial charge in [0.25, 0.3) is 0 Å². The largest absolute Gasteiger partial charge is 0.477 e. The Morgan fingerprint density at radius 3 is 2.40 bits per heavy atom. The number of aryl methyl sites for hydroxylation is 1. The summed E-state index contributed by atoms with van der Waals surface area (Å²) in [5.74, 6) is -6.77. The Bertz CT molecular complexity index is 770. The Kier molecular flexibility index (Phi) is 3.47. The van der Waals surface area contributed by atoms with E-state index in [-0.39, 0.29) is 0 Å². The van der Waals surface area contributed by atoms with Crippen LogP contribution in [0.4, 0.5) is 17.6 Å². The number of carboxylic acids is 1. The van der Waals surface area contributed by atoms with Crippen LogP contribution in [0.25, 0.3) is 10.9 Å². The number of rotatable bonds is 3. The number of fused-ring (bicyclic) bond motifs is 1. The fourth-order valence-electron chi connectivity index (χ4n) is 1.93. The van der Waals surface area contributed by atoms with Crippen molar-refractivity contribution in [2.75, 3.05) is 6.67 Å². The zero-order valence-corrected chi connectivity index (χ0v) is 9.79. The number of carbonyl (C=O) groups is 1. The van der Waals surface area contributed by atoms with E-state index in [2.05, 4.69) is 0 Å². The monoisotopic (exact) mass is 289 g/mol. The average Bonchev–Trinajstić information content (AvgIpc) is 2.39. The van der Waals surface area contributed by atoms with Crippen molar-refractivity contribution in [2.45, 2.75) is 6.54 Å². The van der Waals surface area contributed by atoms with Crippen molar-refractivity contribution in [1.29, 1.82) is 0 Å². The number of aromatic nitrogens is 1. The van der Waals surface area contributed by atoms with E-state index >= 15 is 0 Å². The molecule has 1 aromatic carbocycles. The third-order valence-electron chi connectivity index (χ3n) is 2.76. The van der Waals surface area contributed by atoms with E-state index in [1.807, 2.05) is 0 Å². The Balaban J connectivity index is 3.05. The molecule has 1 aromatic heterocycles. The minimum Gasteiger partial charge on any atom is -0.477 e. The maximum Gasteiger partial charge on any atom is 0.352 e. The lowest BCUT2D eigenvalue weighted by atomic mass is 10.1. The Morgan fingerprint density at radius 1 is 1.20 bits per heavy atom. The van der Waals surface area contributed by atoms with Gasteiger partial charge >= 0.3 is 5.97 Å². The van der Waals surface area contributed by atoms with Gasteiger partial charge in [0.1, 0.15) is 12.4 Å². The van der Waals surface area contributed by atoms with Crippen LogP contribution >= 0.6 is 0 Å². The van der Waals surface area contributed by atoms with Crippen LogP contribution in [-0.2, 0) is 6.54 Å². The molecule has 4 nitrogen and oxygen atoms in total.